The zero-order valence-electron chi connectivity index (χ0n) is 26.3. The number of hydrogen-bond donors (Lipinski definition) is 0. The maximum absolute atomic E-state index is 5.85. The number of rotatable bonds is 5. The van der Waals surface area contributed by atoms with Gasteiger partial charge in [-0.15, -0.1) is 0 Å². The van der Waals surface area contributed by atoms with E-state index in [1.807, 2.05) is 0 Å². The molecule has 1 aliphatic carbocycles. The third-order valence-corrected chi connectivity index (χ3v) is 7.47. The van der Waals surface area contributed by atoms with Crippen molar-refractivity contribution >= 4 is 21.4 Å². The van der Waals surface area contributed by atoms with Gasteiger partial charge >= 0.3 is 21.4 Å². The first-order valence-electron chi connectivity index (χ1n) is 14.8. The quantitative estimate of drug-likeness (QED) is 0.353. The maximum Gasteiger partial charge on any atom is 0.460 e. The summed E-state index contributed by atoms with van der Waals surface area (Å²) in [5.74, 6) is 1.37. The van der Waals surface area contributed by atoms with Crippen LogP contribution in [0.3, 0.4) is 0 Å². The monoisotopic (exact) mass is 522 g/mol. The summed E-state index contributed by atoms with van der Waals surface area (Å²) >= 11 is 0. The van der Waals surface area contributed by atoms with Crippen molar-refractivity contribution < 1.29 is 27.9 Å². The van der Waals surface area contributed by atoms with Gasteiger partial charge < -0.3 is 27.9 Å². The van der Waals surface area contributed by atoms with Crippen LogP contribution >= 0.6 is 0 Å². The third-order valence-electron chi connectivity index (χ3n) is 7.47. The van der Waals surface area contributed by atoms with Crippen LogP contribution in [0.4, 0.5) is 0 Å². The van der Waals surface area contributed by atoms with E-state index in [0.29, 0.717) is 22.9 Å². The van der Waals surface area contributed by atoms with Crippen molar-refractivity contribution in [3.63, 3.8) is 0 Å². The van der Waals surface area contributed by atoms with Gasteiger partial charge in [0.05, 0.1) is 11.2 Å². The Morgan fingerprint density at radius 1 is 0.595 bits per heavy atom. The summed E-state index contributed by atoms with van der Waals surface area (Å²) < 4.78 is 34.3. The molecule has 4 aliphatic rings. The molecule has 0 amide bonds. The average molecular weight is 522 g/mol. The molecule has 0 N–H and O–H groups in total. The van der Waals surface area contributed by atoms with Crippen LogP contribution in [0, 0.1) is 10.8 Å². The zero-order valence-corrected chi connectivity index (χ0v) is 26.3. The van der Waals surface area contributed by atoms with Crippen LogP contribution in [0.2, 0.25) is 17.5 Å². The van der Waals surface area contributed by atoms with Crippen molar-refractivity contribution in [3.05, 3.63) is 0 Å². The summed E-state index contributed by atoms with van der Waals surface area (Å²) in [6, 6.07) is 0. The summed E-state index contributed by atoms with van der Waals surface area (Å²) in [4.78, 5) is 0. The molecule has 3 heterocycles. The van der Waals surface area contributed by atoms with E-state index in [2.05, 4.69) is 83.1 Å². The molecule has 4 fully saturated rings. The zero-order chi connectivity index (χ0) is 28.1. The van der Waals surface area contributed by atoms with Crippen molar-refractivity contribution in [2.45, 2.75) is 144 Å². The van der Waals surface area contributed by atoms with E-state index in [1.165, 1.54) is 25.7 Å². The molecule has 0 aromatic rings. The lowest BCUT2D eigenvalue weighted by Gasteiger charge is -2.45. The van der Waals surface area contributed by atoms with Crippen LogP contribution in [0.1, 0.15) is 115 Å². The fourth-order valence-electron chi connectivity index (χ4n) is 5.28. The molecule has 3 saturated heterocycles. The first kappa shape index (κ1) is 33.2. The van der Waals surface area contributed by atoms with E-state index in [-0.39, 0.29) is 38.0 Å². The van der Waals surface area contributed by atoms with Crippen molar-refractivity contribution in [2.75, 3.05) is 26.4 Å². The lowest BCUT2D eigenvalue weighted by molar-refractivity contribution is -0.0790. The van der Waals surface area contributed by atoms with E-state index in [4.69, 9.17) is 27.9 Å². The highest BCUT2D eigenvalue weighted by molar-refractivity contribution is 6.47. The minimum absolute atomic E-state index is 0.0185. The van der Waals surface area contributed by atoms with Crippen LogP contribution < -0.4 is 0 Å². The van der Waals surface area contributed by atoms with Gasteiger partial charge in [0.15, 0.2) is 0 Å². The Labute approximate surface area is 230 Å². The van der Waals surface area contributed by atoms with Gasteiger partial charge in [0, 0.05) is 43.7 Å². The summed E-state index contributed by atoms with van der Waals surface area (Å²) in [6.45, 7) is 29.3. The number of hydrogen-bond acceptors (Lipinski definition) is 6. The molecule has 0 bridgehead atoms. The average Bonchev–Trinajstić information content (AvgIpc) is 3.52. The SMILES string of the molecule is CC(C)B1OC(C)(C)CC(C)(C)O1.CC(C)B1OCC2(CC2)CO1.CCCC1(C)COB(C(C)C)OC1. The van der Waals surface area contributed by atoms with E-state index in [1.54, 1.807) is 0 Å². The van der Waals surface area contributed by atoms with Crippen LogP contribution in [-0.2, 0) is 27.9 Å². The highest BCUT2D eigenvalue weighted by Crippen LogP contribution is 2.48. The minimum Gasteiger partial charge on any atom is -0.410 e. The van der Waals surface area contributed by atoms with Crippen LogP contribution in [0.25, 0.3) is 0 Å². The molecule has 1 spiro atoms. The van der Waals surface area contributed by atoms with E-state index >= 15 is 0 Å². The van der Waals surface area contributed by atoms with Crippen molar-refractivity contribution in [3.8, 4) is 0 Å². The standard InChI is InChI=1S/2C10H21BO2.C8H15BO2/c1-8(2)11-12-9(3,4)7-10(5,6)13-11;1-5-6-10(4)7-12-11(9(2)3)13-8-10;1-7(2)9-10-5-8(3-4-8)6-11-9/h8H,7H2,1-6H3;9H,5-8H2,1-4H3;7H,3-6H2,1-2H3. The van der Waals surface area contributed by atoms with Gasteiger partial charge in [-0.3, -0.25) is 0 Å². The highest BCUT2D eigenvalue weighted by atomic mass is 16.6. The van der Waals surface area contributed by atoms with Crippen molar-refractivity contribution in [1.82, 2.24) is 0 Å². The molecule has 0 aromatic heterocycles. The Morgan fingerprint density at radius 3 is 1.30 bits per heavy atom. The summed E-state index contributed by atoms with van der Waals surface area (Å²) in [6.07, 6.45) is 5.95. The largest absolute Gasteiger partial charge is 0.460 e. The van der Waals surface area contributed by atoms with Gasteiger partial charge in [0.25, 0.3) is 0 Å². The van der Waals surface area contributed by atoms with Crippen molar-refractivity contribution in [2.24, 2.45) is 10.8 Å². The molecule has 9 heteroatoms. The van der Waals surface area contributed by atoms with E-state index in [0.717, 1.165) is 32.8 Å². The first-order chi connectivity index (χ1) is 17.0. The van der Waals surface area contributed by atoms with Crippen LogP contribution in [0.15, 0.2) is 0 Å². The van der Waals surface area contributed by atoms with E-state index in [9.17, 15) is 0 Å². The Hall–Kier alpha value is -0.0452. The molecule has 0 aromatic carbocycles. The summed E-state index contributed by atoms with van der Waals surface area (Å²) in [5.41, 5.74) is 0.582. The molecule has 3 aliphatic heterocycles. The van der Waals surface area contributed by atoms with Gasteiger partial charge in [-0.2, -0.15) is 0 Å². The van der Waals surface area contributed by atoms with Crippen LogP contribution in [-0.4, -0.2) is 59.0 Å². The molecule has 0 atom stereocenters. The van der Waals surface area contributed by atoms with Gasteiger partial charge in [0.1, 0.15) is 0 Å². The second kappa shape index (κ2) is 13.5. The Balaban J connectivity index is 0.000000196. The predicted octanol–water partition coefficient (Wildman–Crippen LogP) is 7.33. The molecule has 1 saturated carbocycles. The van der Waals surface area contributed by atoms with Gasteiger partial charge in [-0.05, 0) is 64.4 Å². The molecule has 6 nitrogen and oxygen atoms in total. The smallest absolute Gasteiger partial charge is 0.410 e. The topological polar surface area (TPSA) is 55.4 Å². The maximum atomic E-state index is 5.85. The fraction of sp³-hybridized carbons (Fsp3) is 1.00. The lowest BCUT2D eigenvalue weighted by atomic mass is 9.69. The van der Waals surface area contributed by atoms with Gasteiger partial charge in [-0.25, -0.2) is 0 Å². The van der Waals surface area contributed by atoms with Crippen LogP contribution in [0.5, 0.6) is 0 Å². The van der Waals surface area contributed by atoms with E-state index < -0.39 is 0 Å². The summed E-state index contributed by atoms with van der Waals surface area (Å²) in [7, 11) is 0.0184. The molecule has 37 heavy (non-hydrogen) atoms. The predicted molar refractivity (Wildman–Crippen MR) is 156 cm³/mol. The molecule has 0 radical (unpaired) electrons. The third kappa shape index (κ3) is 11.2. The molecule has 214 valence electrons. The Morgan fingerprint density at radius 2 is 0.973 bits per heavy atom. The molecular formula is C28H57B3O6. The molecule has 0 unspecified atom stereocenters. The second-order valence-corrected chi connectivity index (χ2v) is 14.6. The second-order valence-electron chi connectivity index (χ2n) is 14.6. The molecule has 4 rings (SSSR count). The Kier molecular flexibility index (Phi) is 12.1. The van der Waals surface area contributed by atoms with Gasteiger partial charge in [0.2, 0.25) is 0 Å². The fourth-order valence-corrected chi connectivity index (χ4v) is 5.28. The summed E-state index contributed by atoms with van der Waals surface area (Å²) in [5, 5.41) is 0. The normalized spacial score (nSPS) is 25.5. The van der Waals surface area contributed by atoms with Gasteiger partial charge in [-0.1, -0.05) is 61.8 Å². The van der Waals surface area contributed by atoms with Crippen molar-refractivity contribution in [1.29, 1.82) is 0 Å². The minimum atomic E-state index is -0.0588. The first-order valence-corrected chi connectivity index (χ1v) is 14.8. The molecular weight excluding hydrogens is 465 g/mol. The Bertz CT molecular complexity index is 647. The highest BCUT2D eigenvalue weighted by Gasteiger charge is 2.48. The lowest BCUT2D eigenvalue weighted by Crippen LogP contribution is -2.52.